The van der Waals surface area contributed by atoms with E-state index in [9.17, 15) is 9.18 Å². The van der Waals surface area contributed by atoms with Gasteiger partial charge in [0.2, 0.25) is 5.91 Å². The van der Waals surface area contributed by atoms with Crippen LogP contribution in [0.3, 0.4) is 0 Å². The van der Waals surface area contributed by atoms with E-state index in [4.69, 9.17) is 17.3 Å². The number of rotatable bonds is 8. The fourth-order valence-corrected chi connectivity index (χ4v) is 2.76. The second-order valence-electron chi connectivity index (χ2n) is 5.15. The van der Waals surface area contributed by atoms with Gasteiger partial charge in [0.15, 0.2) is 0 Å². The summed E-state index contributed by atoms with van der Waals surface area (Å²) in [6.07, 6.45) is 2.00. The van der Waals surface area contributed by atoms with Gasteiger partial charge >= 0.3 is 0 Å². The molecule has 0 heterocycles. The number of benzene rings is 1. The SMILES string of the molecule is CCCN(CCC)C(=O)CC(CN)c1c(F)cccc1Cl. The number of nitrogens with zero attached hydrogens (tertiary/aromatic N) is 1. The van der Waals surface area contributed by atoms with Crippen LogP contribution >= 0.6 is 11.6 Å². The van der Waals surface area contributed by atoms with Crippen LogP contribution in [0.2, 0.25) is 5.02 Å². The summed E-state index contributed by atoms with van der Waals surface area (Å²) in [5.41, 5.74) is 6.09. The number of amides is 1. The van der Waals surface area contributed by atoms with Crippen molar-refractivity contribution >= 4 is 17.5 Å². The predicted octanol–water partition coefficient (Wildman–Crippen LogP) is 3.56. The van der Waals surface area contributed by atoms with Crippen LogP contribution in [0.4, 0.5) is 4.39 Å². The van der Waals surface area contributed by atoms with Gasteiger partial charge in [-0.15, -0.1) is 0 Å². The van der Waals surface area contributed by atoms with Crippen LogP contribution < -0.4 is 5.73 Å². The van der Waals surface area contributed by atoms with Crippen molar-refractivity contribution in [3.05, 3.63) is 34.6 Å². The summed E-state index contributed by atoms with van der Waals surface area (Å²) < 4.78 is 14.0. The number of hydrogen-bond donors (Lipinski definition) is 1. The highest BCUT2D eigenvalue weighted by Crippen LogP contribution is 2.29. The third-order valence-electron chi connectivity index (χ3n) is 3.45. The van der Waals surface area contributed by atoms with Crippen molar-refractivity contribution in [2.75, 3.05) is 19.6 Å². The molecule has 3 nitrogen and oxygen atoms in total. The molecule has 0 saturated carbocycles. The molecule has 0 aliphatic rings. The highest BCUT2D eigenvalue weighted by atomic mass is 35.5. The quantitative estimate of drug-likeness (QED) is 0.797. The maximum absolute atomic E-state index is 14.0. The van der Waals surface area contributed by atoms with Crippen LogP contribution in [0.1, 0.15) is 44.6 Å². The second kappa shape index (κ2) is 9.00. The molecule has 0 fully saturated rings. The topological polar surface area (TPSA) is 46.3 Å². The maximum atomic E-state index is 14.0. The van der Waals surface area contributed by atoms with Gasteiger partial charge in [0, 0.05) is 36.0 Å². The fourth-order valence-electron chi connectivity index (χ4n) is 2.44. The molecule has 0 spiro atoms. The van der Waals surface area contributed by atoms with Crippen molar-refractivity contribution in [3.8, 4) is 0 Å². The van der Waals surface area contributed by atoms with Gasteiger partial charge in [-0.3, -0.25) is 4.79 Å². The molecule has 1 amide bonds. The van der Waals surface area contributed by atoms with Crippen LogP contribution in [-0.4, -0.2) is 30.4 Å². The van der Waals surface area contributed by atoms with E-state index in [0.29, 0.717) is 10.6 Å². The van der Waals surface area contributed by atoms with Gasteiger partial charge in [-0.1, -0.05) is 31.5 Å². The predicted molar refractivity (Wildman–Crippen MR) is 85.0 cm³/mol. The van der Waals surface area contributed by atoms with Crippen LogP contribution in [-0.2, 0) is 4.79 Å². The molecule has 1 aromatic carbocycles. The Balaban J connectivity index is 2.88. The molecule has 5 heteroatoms. The van der Waals surface area contributed by atoms with Gasteiger partial charge in [0.05, 0.1) is 0 Å². The van der Waals surface area contributed by atoms with Crippen LogP contribution in [0.15, 0.2) is 18.2 Å². The van der Waals surface area contributed by atoms with Crippen molar-refractivity contribution in [2.45, 2.75) is 39.0 Å². The molecular formula is C16H24ClFN2O. The minimum atomic E-state index is -0.400. The van der Waals surface area contributed by atoms with Gasteiger partial charge in [0.1, 0.15) is 5.82 Å². The van der Waals surface area contributed by atoms with E-state index in [-0.39, 0.29) is 24.8 Å². The zero-order valence-corrected chi connectivity index (χ0v) is 13.5. The van der Waals surface area contributed by atoms with E-state index in [0.717, 1.165) is 25.9 Å². The summed E-state index contributed by atoms with van der Waals surface area (Å²) in [6.45, 7) is 5.69. The van der Waals surface area contributed by atoms with E-state index in [1.165, 1.54) is 6.07 Å². The third-order valence-corrected chi connectivity index (χ3v) is 3.78. The zero-order valence-electron chi connectivity index (χ0n) is 12.7. The Morgan fingerprint density at radius 2 is 1.95 bits per heavy atom. The van der Waals surface area contributed by atoms with E-state index in [1.54, 1.807) is 12.1 Å². The molecule has 1 aromatic rings. The first-order valence-corrected chi connectivity index (χ1v) is 7.84. The minimum Gasteiger partial charge on any atom is -0.343 e. The monoisotopic (exact) mass is 314 g/mol. The van der Waals surface area contributed by atoms with Crippen molar-refractivity contribution in [2.24, 2.45) is 5.73 Å². The average molecular weight is 315 g/mol. The van der Waals surface area contributed by atoms with Crippen LogP contribution in [0.5, 0.6) is 0 Å². The van der Waals surface area contributed by atoms with Gasteiger partial charge in [-0.25, -0.2) is 4.39 Å². The number of hydrogen-bond acceptors (Lipinski definition) is 2. The minimum absolute atomic E-state index is 0.00784. The zero-order chi connectivity index (χ0) is 15.8. The van der Waals surface area contributed by atoms with Crippen molar-refractivity contribution < 1.29 is 9.18 Å². The molecule has 0 aliphatic heterocycles. The lowest BCUT2D eigenvalue weighted by Gasteiger charge is -2.24. The summed E-state index contributed by atoms with van der Waals surface area (Å²) in [5, 5.41) is 0.329. The van der Waals surface area contributed by atoms with Gasteiger partial charge < -0.3 is 10.6 Å². The van der Waals surface area contributed by atoms with E-state index >= 15 is 0 Å². The van der Waals surface area contributed by atoms with Crippen molar-refractivity contribution in [3.63, 3.8) is 0 Å². The Bertz CT molecular complexity index is 441. The van der Waals surface area contributed by atoms with Crippen LogP contribution in [0.25, 0.3) is 0 Å². The lowest BCUT2D eigenvalue weighted by Crippen LogP contribution is -2.34. The molecule has 0 aromatic heterocycles. The Kier molecular flexibility index (Phi) is 7.68. The van der Waals surface area contributed by atoms with E-state index in [2.05, 4.69) is 0 Å². The molecule has 1 rings (SSSR count). The molecule has 0 bridgehead atoms. The Morgan fingerprint density at radius 3 is 2.43 bits per heavy atom. The summed E-state index contributed by atoms with van der Waals surface area (Å²) in [6, 6.07) is 4.53. The lowest BCUT2D eigenvalue weighted by molar-refractivity contribution is -0.131. The van der Waals surface area contributed by atoms with Crippen LogP contribution in [0, 0.1) is 5.82 Å². The van der Waals surface area contributed by atoms with Gasteiger partial charge in [-0.2, -0.15) is 0 Å². The van der Waals surface area contributed by atoms with E-state index in [1.807, 2.05) is 18.7 Å². The highest BCUT2D eigenvalue weighted by molar-refractivity contribution is 6.31. The summed E-state index contributed by atoms with van der Waals surface area (Å²) in [4.78, 5) is 14.2. The summed E-state index contributed by atoms with van der Waals surface area (Å²) in [7, 11) is 0. The molecule has 21 heavy (non-hydrogen) atoms. The average Bonchev–Trinajstić information content (AvgIpc) is 2.45. The lowest BCUT2D eigenvalue weighted by atomic mass is 9.94. The standard InChI is InChI=1S/C16H24ClFN2O/c1-3-8-20(9-4-2)15(21)10-12(11-19)16-13(17)6-5-7-14(16)18/h5-7,12H,3-4,8-11,19H2,1-2H3. The number of carbonyl (C=O) groups is 1. The summed E-state index contributed by atoms with van der Waals surface area (Å²) in [5.74, 6) is -0.779. The number of nitrogens with two attached hydrogens (primary N) is 1. The van der Waals surface area contributed by atoms with E-state index < -0.39 is 5.82 Å². The third kappa shape index (κ3) is 4.97. The first kappa shape index (κ1) is 17.9. The number of halogens is 2. The Hall–Kier alpha value is -1.13. The first-order chi connectivity index (χ1) is 10.0. The largest absolute Gasteiger partial charge is 0.343 e. The molecule has 2 N–H and O–H groups in total. The molecule has 0 saturated heterocycles. The number of carbonyl (C=O) groups excluding carboxylic acids is 1. The van der Waals surface area contributed by atoms with Crippen molar-refractivity contribution in [1.29, 1.82) is 0 Å². The smallest absolute Gasteiger partial charge is 0.223 e. The molecule has 1 unspecified atom stereocenters. The molecule has 1 atom stereocenters. The normalized spacial score (nSPS) is 12.2. The molecule has 0 aliphatic carbocycles. The van der Waals surface area contributed by atoms with Gasteiger partial charge in [-0.05, 0) is 31.5 Å². The highest BCUT2D eigenvalue weighted by Gasteiger charge is 2.23. The summed E-state index contributed by atoms with van der Waals surface area (Å²) >= 11 is 6.07. The fraction of sp³-hybridized carbons (Fsp3) is 0.562. The van der Waals surface area contributed by atoms with Crippen molar-refractivity contribution in [1.82, 2.24) is 4.90 Å². The second-order valence-corrected chi connectivity index (χ2v) is 5.56. The first-order valence-electron chi connectivity index (χ1n) is 7.46. The maximum Gasteiger partial charge on any atom is 0.223 e. The molecular weight excluding hydrogens is 291 g/mol. The Morgan fingerprint density at radius 1 is 1.33 bits per heavy atom. The molecule has 0 radical (unpaired) electrons. The molecule has 118 valence electrons. The Labute approximate surface area is 131 Å². The van der Waals surface area contributed by atoms with Gasteiger partial charge in [0.25, 0.3) is 0 Å².